The average Bonchev–Trinajstić information content (AvgIpc) is 2.67. The molecular formula is C16H30O2. The fourth-order valence-corrected chi connectivity index (χ4v) is 1.05. The van der Waals surface area contributed by atoms with E-state index in [4.69, 9.17) is 9.47 Å². The minimum absolute atomic E-state index is 0. The monoisotopic (exact) mass is 254 g/mol. The maximum absolute atomic E-state index is 5.37. The first-order valence-electron chi connectivity index (χ1n) is 5.74. The molecule has 2 heteroatoms. The summed E-state index contributed by atoms with van der Waals surface area (Å²) in [7, 11) is 1.68. The maximum atomic E-state index is 5.37. The summed E-state index contributed by atoms with van der Waals surface area (Å²) in [6.45, 7) is 15.7. The van der Waals surface area contributed by atoms with E-state index in [9.17, 15) is 0 Å². The minimum atomic E-state index is 0. The molecule has 0 unspecified atom stereocenters. The summed E-state index contributed by atoms with van der Waals surface area (Å²) in [5, 5.41) is 0. The van der Waals surface area contributed by atoms with Crippen molar-refractivity contribution in [2.75, 3.05) is 20.3 Å². The molecule has 1 heterocycles. The largest absolute Gasteiger partial charge is 0.381 e. The Kier molecular flexibility index (Phi) is 22.4. The van der Waals surface area contributed by atoms with Gasteiger partial charge in [-0.15, -0.1) is 13.2 Å². The Balaban J connectivity index is -0.000000276. The summed E-state index contributed by atoms with van der Waals surface area (Å²) in [5.41, 5.74) is 1.18. The van der Waals surface area contributed by atoms with Crippen LogP contribution in [0.4, 0.5) is 0 Å². The Morgan fingerprint density at radius 2 is 1.83 bits per heavy atom. The third-order valence-corrected chi connectivity index (χ3v) is 1.61. The first-order valence-corrected chi connectivity index (χ1v) is 5.74. The SMILES string of the molecule is C.C=C1CO[C@@H](/C=C/COC)C1.C=CC.C=CC. The van der Waals surface area contributed by atoms with Gasteiger partial charge in [0.25, 0.3) is 0 Å². The van der Waals surface area contributed by atoms with Crippen LogP contribution in [-0.4, -0.2) is 26.4 Å². The molecule has 0 aliphatic carbocycles. The van der Waals surface area contributed by atoms with E-state index < -0.39 is 0 Å². The van der Waals surface area contributed by atoms with Gasteiger partial charge in [0.1, 0.15) is 0 Å². The van der Waals surface area contributed by atoms with Gasteiger partial charge in [-0.2, -0.15) is 0 Å². The fraction of sp³-hybridized carbons (Fsp3) is 0.500. The van der Waals surface area contributed by atoms with Crippen LogP contribution >= 0.6 is 0 Å². The predicted octanol–water partition coefficient (Wildman–Crippen LogP) is 4.55. The van der Waals surface area contributed by atoms with Gasteiger partial charge in [-0.05, 0) is 19.4 Å². The second kappa shape index (κ2) is 18.3. The molecule has 0 aromatic heterocycles. The van der Waals surface area contributed by atoms with Gasteiger partial charge in [0.15, 0.2) is 0 Å². The number of rotatable bonds is 3. The molecule has 0 spiro atoms. The van der Waals surface area contributed by atoms with Gasteiger partial charge in [0.2, 0.25) is 0 Å². The second-order valence-corrected chi connectivity index (χ2v) is 3.50. The van der Waals surface area contributed by atoms with Gasteiger partial charge in [0, 0.05) is 13.5 Å². The molecule has 1 aliphatic rings. The first-order chi connectivity index (χ1) is 8.15. The highest BCUT2D eigenvalue weighted by Crippen LogP contribution is 2.17. The van der Waals surface area contributed by atoms with E-state index in [0.29, 0.717) is 13.2 Å². The van der Waals surface area contributed by atoms with Crippen molar-refractivity contribution in [2.45, 2.75) is 33.8 Å². The molecule has 0 bridgehead atoms. The number of hydrogen-bond acceptors (Lipinski definition) is 2. The lowest BCUT2D eigenvalue weighted by Crippen LogP contribution is -1.99. The highest BCUT2D eigenvalue weighted by Gasteiger charge is 2.14. The normalized spacial score (nSPS) is 16.8. The van der Waals surface area contributed by atoms with Crippen molar-refractivity contribution in [1.82, 2.24) is 0 Å². The Morgan fingerprint density at radius 1 is 1.33 bits per heavy atom. The molecule has 0 aromatic carbocycles. The lowest BCUT2D eigenvalue weighted by molar-refractivity contribution is 0.148. The maximum Gasteiger partial charge on any atom is 0.0798 e. The van der Waals surface area contributed by atoms with Gasteiger partial charge in [-0.1, -0.05) is 38.3 Å². The minimum Gasteiger partial charge on any atom is -0.381 e. The molecule has 0 N–H and O–H groups in total. The van der Waals surface area contributed by atoms with Gasteiger partial charge in [-0.3, -0.25) is 0 Å². The molecule has 1 fully saturated rings. The van der Waals surface area contributed by atoms with E-state index in [2.05, 4.69) is 19.7 Å². The van der Waals surface area contributed by atoms with E-state index in [1.807, 2.05) is 26.0 Å². The summed E-state index contributed by atoms with van der Waals surface area (Å²) in [6, 6.07) is 0. The number of ether oxygens (including phenoxy) is 2. The number of allylic oxidation sites excluding steroid dienone is 2. The molecule has 2 nitrogen and oxygen atoms in total. The molecule has 1 saturated heterocycles. The van der Waals surface area contributed by atoms with Crippen molar-refractivity contribution in [3.8, 4) is 0 Å². The summed E-state index contributed by atoms with van der Waals surface area (Å²) in [4.78, 5) is 0. The Hall–Kier alpha value is -1.12. The standard InChI is InChI=1S/C9H14O2.2C3H6.CH4/c1-8-6-9(11-7-8)4-3-5-10-2;2*1-3-2;/h3-4,9H,1,5-7H2,2H3;2*3H,1H2,2H3;1H4/b4-3+;;;/t9-;;;/m0.../s1. The van der Waals surface area contributed by atoms with Crippen molar-refractivity contribution < 1.29 is 9.47 Å². The number of methoxy groups -OCH3 is 1. The van der Waals surface area contributed by atoms with Crippen molar-refractivity contribution in [2.24, 2.45) is 0 Å². The predicted molar refractivity (Wildman–Crippen MR) is 83.0 cm³/mol. The topological polar surface area (TPSA) is 18.5 Å². The zero-order valence-corrected chi connectivity index (χ0v) is 11.4. The van der Waals surface area contributed by atoms with Crippen LogP contribution in [0.25, 0.3) is 0 Å². The van der Waals surface area contributed by atoms with E-state index in [0.717, 1.165) is 6.42 Å². The van der Waals surface area contributed by atoms with Crippen LogP contribution in [0.2, 0.25) is 0 Å². The summed E-state index contributed by atoms with van der Waals surface area (Å²) in [6.07, 6.45) is 8.70. The lowest BCUT2D eigenvalue weighted by Gasteiger charge is -1.99. The molecule has 18 heavy (non-hydrogen) atoms. The molecule has 0 amide bonds. The van der Waals surface area contributed by atoms with Crippen LogP contribution in [0.5, 0.6) is 0 Å². The van der Waals surface area contributed by atoms with Crippen LogP contribution in [0.3, 0.4) is 0 Å². The van der Waals surface area contributed by atoms with Gasteiger partial charge < -0.3 is 9.47 Å². The fourth-order valence-electron chi connectivity index (χ4n) is 1.05. The van der Waals surface area contributed by atoms with Crippen LogP contribution < -0.4 is 0 Å². The van der Waals surface area contributed by atoms with E-state index >= 15 is 0 Å². The Labute approximate surface area is 114 Å². The van der Waals surface area contributed by atoms with Crippen LogP contribution in [0.15, 0.2) is 49.6 Å². The molecule has 1 atom stereocenters. The van der Waals surface area contributed by atoms with E-state index in [1.54, 1.807) is 19.3 Å². The van der Waals surface area contributed by atoms with Crippen molar-refractivity contribution in [3.63, 3.8) is 0 Å². The van der Waals surface area contributed by atoms with Gasteiger partial charge >= 0.3 is 0 Å². The summed E-state index contributed by atoms with van der Waals surface area (Å²) in [5.74, 6) is 0. The first kappa shape index (κ1) is 22.1. The average molecular weight is 254 g/mol. The quantitative estimate of drug-likeness (QED) is 0.688. The zero-order chi connectivity index (χ0) is 13.5. The van der Waals surface area contributed by atoms with E-state index in [-0.39, 0.29) is 13.5 Å². The number of hydrogen-bond donors (Lipinski definition) is 0. The Morgan fingerprint density at radius 3 is 2.17 bits per heavy atom. The second-order valence-electron chi connectivity index (χ2n) is 3.50. The molecular weight excluding hydrogens is 224 g/mol. The van der Waals surface area contributed by atoms with E-state index in [1.165, 1.54) is 5.57 Å². The molecule has 0 saturated carbocycles. The van der Waals surface area contributed by atoms with Crippen LogP contribution in [0, 0.1) is 0 Å². The zero-order valence-electron chi connectivity index (χ0n) is 11.4. The summed E-state index contributed by atoms with van der Waals surface area (Å²) < 4.78 is 10.2. The lowest BCUT2D eigenvalue weighted by atomic mass is 10.2. The van der Waals surface area contributed by atoms with Crippen molar-refractivity contribution in [1.29, 1.82) is 0 Å². The smallest absolute Gasteiger partial charge is 0.0798 e. The van der Waals surface area contributed by atoms with Crippen LogP contribution in [-0.2, 0) is 9.47 Å². The highest BCUT2D eigenvalue weighted by atomic mass is 16.5. The molecule has 106 valence electrons. The van der Waals surface area contributed by atoms with Crippen molar-refractivity contribution >= 4 is 0 Å². The summed E-state index contributed by atoms with van der Waals surface area (Å²) >= 11 is 0. The van der Waals surface area contributed by atoms with Crippen LogP contribution in [0.1, 0.15) is 27.7 Å². The molecule has 0 aromatic rings. The third kappa shape index (κ3) is 17.3. The van der Waals surface area contributed by atoms with Gasteiger partial charge in [0.05, 0.1) is 19.3 Å². The molecule has 1 aliphatic heterocycles. The molecule has 0 radical (unpaired) electrons. The van der Waals surface area contributed by atoms with Gasteiger partial charge in [-0.25, -0.2) is 0 Å². The molecule has 1 rings (SSSR count). The van der Waals surface area contributed by atoms with Crippen molar-refractivity contribution in [3.05, 3.63) is 49.6 Å². The Bertz CT molecular complexity index is 223. The third-order valence-electron chi connectivity index (χ3n) is 1.61. The highest BCUT2D eigenvalue weighted by molar-refractivity contribution is 5.07.